The zero-order valence-corrected chi connectivity index (χ0v) is 12.1. The van der Waals surface area contributed by atoms with Crippen LogP contribution in [0.25, 0.3) is 0 Å². The van der Waals surface area contributed by atoms with Crippen LogP contribution >= 0.6 is 11.3 Å². The largest absolute Gasteiger partial charge is 0.383 e. The molecule has 0 aromatic carbocycles. The normalized spacial score (nSPS) is 12.4. The van der Waals surface area contributed by atoms with E-state index in [-0.39, 0.29) is 11.9 Å². The molecule has 0 spiro atoms. The summed E-state index contributed by atoms with van der Waals surface area (Å²) in [6.45, 7) is 4.06. The Morgan fingerprint density at radius 3 is 2.84 bits per heavy atom. The number of hydrogen-bond donors (Lipinski definition) is 2. The summed E-state index contributed by atoms with van der Waals surface area (Å²) in [6.07, 6.45) is 2.32. The van der Waals surface area contributed by atoms with E-state index in [4.69, 9.17) is 5.73 Å². The van der Waals surface area contributed by atoms with Crippen molar-refractivity contribution in [1.82, 2.24) is 15.1 Å². The molecule has 2 rings (SSSR count). The number of nitrogens with two attached hydrogens (primary N) is 1. The average Bonchev–Trinajstić information content (AvgIpc) is 2.87. The highest BCUT2D eigenvalue weighted by Crippen LogP contribution is 2.17. The van der Waals surface area contributed by atoms with E-state index in [2.05, 4.69) is 29.5 Å². The molecule has 2 aromatic rings. The first kappa shape index (κ1) is 13.6. The SMILES string of the molecule is Cc1ccc(CC(C)NC(=O)c2cnn(C)c2N)s1. The molecule has 6 heteroatoms. The lowest BCUT2D eigenvalue weighted by molar-refractivity contribution is 0.0941. The molecule has 2 aromatic heterocycles. The van der Waals surface area contributed by atoms with Gasteiger partial charge >= 0.3 is 0 Å². The maximum atomic E-state index is 12.0. The molecule has 102 valence electrons. The van der Waals surface area contributed by atoms with Gasteiger partial charge < -0.3 is 11.1 Å². The molecule has 1 amide bonds. The Morgan fingerprint density at radius 1 is 1.58 bits per heavy atom. The minimum atomic E-state index is -0.175. The predicted octanol–water partition coefficient (Wildman–Crippen LogP) is 1.73. The number of amides is 1. The third-order valence-corrected chi connectivity index (χ3v) is 3.93. The van der Waals surface area contributed by atoms with Gasteiger partial charge in [-0.1, -0.05) is 0 Å². The molecule has 0 aliphatic rings. The van der Waals surface area contributed by atoms with Gasteiger partial charge in [0.1, 0.15) is 11.4 Å². The molecule has 1 unspecified atom stereocenters. The van der Waals surface area contributed by atoms with Gasteiger partial charge in [0.15, 0.2) is 0 Å². The van der Waals surface area contributed by atoms with Crippen molar-refractivity contribution in [2.45, 2.75) is 26.3 Å². The van der Waals surface area contributed by atoms with Crippen molar-refractivity contribution >= 4 is 23.1 Å². The van der Waals surface area contributed by atoms with E-state index in [1.807, 2.05) is 6.92 Å². The molecule has 19 heavy (non-hydrogen) atoms. The summed E-state index contributed by atoms with van der Waals surface area (Å²) in [7, 11) is 1.71. The zero-order valence-electron chi connectivity index (χ0n) is 11.3. The van der Waals surface area contributed by atoms with Crippen molar-refractivity contribution < 1.29 is 4.79 Å². The quantitative estimate of drug-likeness (QED) is 0.894. The van der Waals surface area contributed by atoms with Gasteiger partial charge in [-0.05, 0) is 26.0 Å². The van der Waals surface area contributed by atoms with Crippen LogP contribution < -0.4 is 11.1 Å². The highest BCUT2D eigenvalue weighted by atomic mass is 32.1. The minimum absolute atomic E-state index is 0.0603. The first-order chi connectivity index (χ1) is 8.97. The van der Waals surface area contributed by atoms with Crippen LogP contribution in [-0.2, 0) is 13.5 Å². The van der Waals surface area contributed by atoms with E-state index in [1.165, 1.54) is 20.6 Å². The average molecular weight is 278 g/mol. The van der Waals surface area contributed by atoms with Crippen LogP contribution in [0.3, 0.4) is 0 Å². The molecule has 0 aliphatic heterocycles. The molecule has 3 N–H and O–H groups in total. The van der Waals surface area contributed by atoms with Gasteiger partial charge in [0.05, 0.1) is 6.20 Å². The Hall–Kier alpha value is -1.82. The maximum absolute atomic E-state index is 12.0. The lowest BCUT2D eigenvalue weighted by Crippen LogP contribution is -2.34. The topological polar surface area (TPSA) is 72.9 Å². The number of carbonyl (C=O) groups excluding carboxylic acids is 1. The van der Waals surface area contributed by atoms with Gasteiger partial charge in [0.2, 0.25) is 0 Å². The van der Waals surface area contributed by atoms with Crippen molar-refractivity contribution in [3.05, 3.63) is 33.6 Å². The maximum Gasteiger partial charge on any atom is 0.256 e. The molecule has 2 heterocycles. The van der Waals surface area contributed by atoms with Crippen molar-refractivity contribution in [3.63, 3.8) is 0 Å². The number of aromatic nitrogens is 2. The number of nitrogens with zero attached hydrogens (tertiary/aromatic N) is 2. The fraction of sp³-hybridized carbons (Fsp3) is 0.385. The minimum Gasteiger partial charge on any atom is -0.383 e. The monoisotopic (exact) mass is 278 g/mol. The van der Waals surface area contributed by atoms with E-state index in [0.29, 0.717) is 11.4 Å². The van der Waals surface area contributed by atoms with Gasteiger partial charge in [-0.25, -0.2) is 0 Å². The Balaban J connectivity index is 1.97. The summed E-state index contributed by atoms with van der Waals surface area (Å²) in [5.74, 6) is 0.211. The number of carbonyl (C=O) groups is 1. The molecule has 0 saturated heterocycles. The Bertz CT molecular complexity index is 587. The van der Waals surface area contributed by atoms with Crippen LogP contribution in [-0.4, -0.2) is 21.7 Å². The van der Waals surface area contributed by atoms with Gasteiger partial charge in [0.25, 0.3) is 5.91 Å². The second kappa shape index (κ2) is 5.44. The smallest absolute Gasteiger partial charge is 0.256 e. The van der Waals surface area contributed by atoms with Crippen molar-refractivity contribution in [2.24, 2.45) is 7.05 Å². The number of rotatable bonds is 4. The summed E-state index contributed by atoms with van der Waals surface area (Å²) in [5.41, 5.74) is 6.20. The number of anilines is 1. The second-order valence-corrected chi connectivity index (χ2v) is 6.03. The summed E-state index contributed by atoms with van der Waals surface area (Å²) in [6, 6.07) is 4.25. The van der Waals surface area contributed by atoms with Gasteiger partial charge in [0, 0.05) is 29.3 Å². The van der Waals surface area contributed by atoms with Gasteiger partial charge in [-0.15, -0.1) is 11.3 Å². The molecule has 0 saturated carbocycles. The third kappa shape index (κ3) is 3.14. The Morgan fingerprint density at radius 2 is 2.32 bits per heavy atom. The van der Waals surface area contributed by atoms with Crippen LogP contribution in [0, 0.1) is 6.92 Å². The Kier molecular flexibility index (Phi) is 3.90. The van der Waals surface area contributed by atoms with E-state index >= 15 is 0 Å². The fourth-order valence-corrected chi connectivity index (χ4v) is 2.89. The van der Waals surface area contributed by atoms with E-state index in [9.17, 15) is 4.79 Å². The lowest BCUT2D eigenvalue weighted by Gasteiger charge is -2.12. The van der Waals surface area contributed by atoms with Crippen LogP contribution in [0.15, 0.2) is 18.3 Å². The van der Waals surface area contributed by atoms with Crippen LogP contribution in [0.4, 0.5) is 5.82 Å². The molecule has 1 atom stereocenters. The van der Waals surface area contributed by atoms with Crippen molar-refractivity contribution in [3.8, 4) is 0 Å². The number of nitrogen functional groups attached to an aromatic ring is 1. The van der Waals surface area contributed by atoms with Gasteiger partial charge in [-0.3, -0.25) is 9.48 Å². The second-order valence-electron chi connectivity index (χ2n) is 4.66. The van der Waals surface area contributed by atoms with Crippen LogP contribution in [0.5, 0.6) is 0 Å². The summed E-state index contributed by atoms with van der Waals surface area (Å²) < 4.78 is 1.49. The van der Waals surface area contributed by atoms with Crippen molar-refractivity contribution in [1.29, 1.82) is 0 Å². The third-order valence-electron chi connectivity index (χ3n) is 2.91. The molecular weight excluding hydrogens is 260 g/mol. The number of nitrogens with one attached hydrogen (secondary N) is 1. The molecule has 0 fully saturated rings. The summed E-state index contributed by atoms with van der Waals surface area (Å²) in [4.78, 5) is 14.6. The molecular formula is C13H18N4OS. The predicted molar refractivity (Wildman–Crippen MR) is 77.3 cm³/mol. The molecule has 5 nitrogen and oxygen atoms in total. The molecule has 0 radical (unpaired) electrons. The highest BCUT2D eigenvalue weighted by Gasteiger charge is 2.16. The zero-order chi connectivity index (χ0) is 14.0. The van der Waals surface area contributed by atoms with E-state index < -0.39 is 0 Å². The Labute approximate surface area is 116 Å². The van der Waals surface area contributed by atoms with Crippen LogP contribution in [0.2, 0.25) is 0 Å². The highest BCUT2D eigenvalue weighted by molar-refractivity contribution is 7.11. The van der Waals surface area contributed by atoms with E-state index in [0.717, 1.165) is 6.42 Å². The van der Waals surface area contributed by atoms with Crippen molar-refractivity contribution in [2.75, 3.05) is 5.73 Å². The molecule has 0 bridgehead atoms. The lowest BCUT2D eigenvalue weighted by atomic mass is 10.2. The molecule has 0 aliphatic carbocycles. The number of hydrogen-bond acceptors (Lipinski definition) is 4. The van der Waals surface area contributed by atoms with Gasteiger partial charge in [-0.2, -0.15) is 5.10 Å². The standard InChI is InChI=1S/C13H18N4OS/c1-8(6-10-5-4-9(2)19-10)16-13(18)11-7-15-17(3)12(11)14/h4-5,7-8H,6,14H2,1-3H3,(H,16,18). The summed E-state index contributed by atoms with van der Waals surface area (Å²) in [5, 5.41) is 6.91. The number of aryl methyl sites for hydroxylation is 2. The first-order valence-electron chi connectivity index (χ1n) is 6.11. The number of thiophene rings is 1. The first-order valence-corrected chi connectivity index (χ1v) is 6.92. The summed E-state index contributed by atoms with van der Waals surface area (Å²) >= 11 is 1.75. The fourth-order valence-electron chi connectivity index (χ4n) is 1.87. The van der Waals surface area contributed by atoms with E-state index in [1.54, 1.807) is 18.4 Å². The van der Waals surface area contributed by atoms with Crippen LogP contribution in [0.1, 0.15) is 27.0 Å².